The van der Waals surface area contributed by atoms with E-state index in [2.05, 4.69) is 5.32 Å². The number of carboxylic acids is 1. The summed E-state index contributed by atoms with van der Waals surface area (Å²) in [6, 6.07) is 0. The quantitative estimate of drug-likeness (QED) is 0.617. The van der Waals surface area contributed by atoms with Crippen molar-refractivity contribution in [2.45, 2.75) is 31.5 Å². The summed E-state index contributed by atoms with van der Waals surface area (Å²) in [5, 5.41) is 11.4. The van der Waals surface area contributed by atoms with E-state index in [-0.39, 0.29) is 5.91 Å². The van der Waals surface area contributed by atoms with Crippen LogP contribution in [0.2, 0.25) is 0 Å². The van der Waals surface area contributed by atoms with Gasteiger partial charge in [-0.2, -0.15) is 0 Å². The van der Waals surface area contributed by atoms with Gasteiger partial charge in [-0.15, -0.1) is 0 Å². The average molecular weight is 231 g/mol. The van der Waals surface area contributed by atoms with Gasteiger partial charge >= 0.3 is 5.97 Å². The molecule has 0 spiro atoms. The largest absolute Gasteiger partial charge is 0.479 e. The van der Waals surface area contributed by atoms with Crippen molar-refractivity contribution < 1.29 is 24.2 Å². The third-order valence-corrected chi connectivity index (χ3v) is 2.41. The monoisotopic (exact) mass is 231 g/mol. The number of hydrogen-bond donors (Lipinski definition) is 2. The molecule has 1 saturated heterocycles. The second kappa shape index (κ2) is 6.44. The van der Waals surface area contributed by atoms with Crippen LogP contribution in [0.3, 0.4) is 0 Å². The zero-order valence-electron chi connectivity index (χ0n) is 9.27. The van der Waals surface area contributed by atoms with Gasteiger partial charge < -0.3 is 19.9 Å². The van der Waals surface area contributed by atoms with Crippen molar-refractivity contribution in [2.24, 2.45) is 0 Å². The number of methoxy groups -OCH3 is 1. The zero-order chi connectivity index (χ0) is 12.0. The first-order valence-electron chi connectivity index (χ1n) is 5.30. The second-order valence-electron chi connectivity index (χ2n) is 3.67. The van der Waals surface area contributed by atoms with Crippen molar-refractivity contribution in [2.75, 3.05) is 20.3 Å². The third kappa shape index (κ3) is 3.79. The fraction of sp³-hybridized carbons (Fsp3) is 0.800. The van der Waals surface area contributed by atoms with Gasteiger partial charge in [-0.1, -0.05) is 0 Å². The Kier molecular flexibility index (Phi) is 5.21. The Balaban J connectivity index is 2.20. The maximum atomic E-state index is 11.5. The topological polar surface area (TPSA) is 84.9 Å². The molecule has 0 saturated carbocycles. The van der Waals surface area contributed by atoms with E-state index in [4.69, 9.17) is 14.6 Å². The van der Waals surface area contributed by atoms with Crippen molar-refractivity contribution in [3.8, 4) is 0 Å². The van der Waals surface area contributed by atoms with E-state index in [9.17, 15) is 9.59 Å². The minimum atomic E-state index is -1.00. The molecule has 16 heavy (non-hydrogen) atoms. The fourth-order valence-corrected chi connectivity index (χ4v) is 1.55. The lowest BCUT2D eigenvalue weighted by Crippen LogP contribution is -2.36. The number of hydrogen-bond acceptors (Lipinski definition) is 4. The molecule has 1 heterocycles. The molecule has 0 aromatic carbocycles. The van der Waals surface area contributed by atoms with Crippen LogP contribution in [0.25, 0.3) is 0 Å². The second-order valence-corrected chi connectivity index (χ2v) is 3.67. The van der Waals surface area contributed by atoms with E-state index in [0.717, 1.165) is 6.42 Å². The van der Waals surface area contributed by atoms with Gasteiger partial charge in [-0.25, -0.2) is 4.79 Å². The van der Waals surface area contributed by atoms with Crippen molar-refractivity contribution in [1.29, 1.82) is 0 Å². The number of carbonyl (C=O) groups is 2. The molecule has 0 aromatic rings. The molecule has 2 atom stereocenters. The maximum absolute atomic E-state index is 11.5. The normalized spacial score (nSPS) is 24.3. The third-order valence-electron chi connectivity index (χ3n) is 2.41. The zero-order valence-corrected chi connectivity index (χ0v) is 9.27. The van der Waals surface area contributed by atoms with E-state index in [1.54, 1.807) is 7.11 Å². The molecule has 92 valence electrons. The van der Waals surface area contributed by atoms with Crippen LogP contribution in [0, 0.1) is 0 Å². The summed E-state index contributed by atoms with van der Waals surface area (Å²) in [6.07, 6.45) is 0.133. The molecule has 0 aliphatic carbocycles. The van der Waals surface area contributed by atoms with Gasteiger partial charge in [0.05, 0.1) is 0 Å². The summed E-state index contributed by atoms with van der Waals surface area (Å²) in [7, 11) is 1.60. The predicted octanol–water partition coefficient (Wildman–Crippen LogP) is -0.229. The fourth-order valence-electron chi connectivity index (χ4n) is 1.55. The molecule has 6 nitrogen and oxygen atoms in total. The summed E-state index contributed by atoms with van der Waals surface area (Å²) >= 11 is 0. The lowest BCUT2D eigenvalue weighted by atomic mass is 10.2. The summed E-state index contributed by atoms with van der Waals surface area (Å²) in [5.74, 6) is -1.24. The van der Waals surface area contributed by atoms with E-state index in [1.807, 2.05) is 0 Å². The number of carbonyl (C=O) groups excluding carboxylic acids is 1. The Hall–Kier alpha value is -1.14. The van der Waals surface area contributed by atoms with Crippen molar-refractivity contribution in [1.82, 2.24) is 5.32 Å². The van der Waals surface area contributed by atoms with Gasteiger partial charge in [-0.05, 0) is 19.3 Å². The molecule has 1 aliphatic rings. The summed E-state index contributed by atoms with van der Waals surface area (Å²) in [5.41, 5.74) is 0. The lowest BCUT2D eigenvalue weighted by molar-refractivity contribution is -0.151. The van der Waals surface area contributed by atoms with E-state index >= 15 is 0 Å². The van der Waals surface area contributed by atoms with Crippen molar-refractivity contribution in [3.05, 3.63) is 0 Å². The minimum absolute atomic E-state index is 0.236. The van der Waals surface area contributed by atoms with Gasteiger partial charge in [0.15, 0.2) is 6.10 Å². The average Bonchev–Trinajstić information content (AvgIpc) is 2.73. The Bertz CT molecular complexity index is 256. The minimum Gasteiger partial charge on any atom is -0.479 e. The van der Waals surface area contributed by atoms with Crippen LogP contribution in [-0.2, 0) is 19.1 Å². The van der Waals surface area contributed by atoms with Crippen LogP contribution in [0.4, 0.5) is 0 Å². The molecule has 1 fully saturated rings. The molecule has 6 heteroatoms. The molecule has 1 amide bonds. The number of ether oxygens (including phenoxy) is 2. The maximum Gasteiger partial charge on any atom is 0.332 e. The molecule has 0 bridgehead atoms. The highest BCUT2D eigenvalue weighted by Gasteiger charge is 2.34. The van der Waals surface area contributed by atoms with E-state index < -0.39 is 18.2 Å². The van der Waals surface area contributed by atoms with Crippen LogP contribution in [-0.4, -0.2) is 49.5 Å². The van der Waals surface area contributed by atoms with Crippen LogP contribution in [0.15, 0.2) is 0 Å². The van der Waals surface area contributed by atoms with Crippen LogP contribution in [0.5, 0.6) is 0 Å². The number of carboxylic acid groups (broad SMARTS) is 1. The highest BCUT2D eigenvalue weighted by molar-refractivity contribution is 5.82. The Morgan fingerprint density at radius 3 is 2.69 bits per heavy atom. The first-order valence-corrected chi connectivity index (χ1v) is 5.30. The standard InChI is InChI=1S/C10H17NO5/c1-15-6-2-5-11-9(12)7-3-4-8(16-7)10(13)14/h7-8H,2-6H2,1H3,(H,11,12)(H,13,14). The Morgan fingerprint density at radius 2 is 2.12 bits per heavy atom. The molecular weight excluding hydrogens is 214 g/mol. The molecule has 1 aliphatic heterocycles. The highest BCUT2D eigenvalue weighted by Crippen LogP contribution is 2.19. The number of nitrogens with one attached hydrogen (secondary N) is 1. The first kappa shape index (κ1) is 12.9. The van der Waals surface area contributed by atoms with Crippen LogP contribution >= 0.6 is 0 Å². The van der Waals surface area contributed by atoms with Crippen molar-refractivity contribution >= 4 is 11.9 Å². The number of rotatable bonds is 6. The Labute approximate surface area is 93.9 Å². The SMILES string of the molecule is COCCCNC(=O)C1CCC(C(=O)O)O1. The summed E-state index contributed by atoms with van der Waals surface area (Å²) in [4.78, 5) is 22.1. The first-order chi connectivity index (χ1) is 7.65. The number of aliphatic carboxylic acids is 1. The Morgan fingerprint density at radius 1 is 1.44 bits per heavy atom. The van der Waals surface area contributed by atoms with Gasteiger partial charge in [0.2, 0.25) is 5.91 Å². The molecule has 0 radical (unpaired) electrons. The van der Waals surface area contributed by atoms with E-state index in [1.165, 1.54) is 0 Å². The number of amides is 1. The summed E-state index contributed by atoms with van der Waals surface area (Å²) in [6.45, 7) is 1.10. The van der Waals surface area contributed by atoms with Crippen LogP contribution < -0.4 is 5.32 Å². The molecule has 2 N–H and O–H groups in total. The molecular formula is C10H17NO5. The predicted molar refractivity (Wildman–Crippen MR) is 55.0 cm³/mol. The highest BCUT2D eigenvalue weighted by atomic mass is 16.5. The van der Waals surface area contributed by atoms with Gasteiger partial charge in [-0.3, -0.25) is 4.79 Å². The van der Waals surface area contributed by atoms with Gasteiger partial charge in [0.1, 0.15) is 6.10 Å². The molecule has 1 rings (SSSR count). The van der Waals surface area contributed by atoms with Gasteiger partial charge in [0.25, 0.3) is 0 Å². The van der Waals surface area contributed by atoms with Crippen molar-refractivity contribution in [3.63, 3.8) is 0 Å². The summed E-state index contributed by atoms with van der Waals surface area (Å²) < 4.78 is 9.94. The smallest absolute Gasteiger partial charge is 0.332 e. The van der Waals surface area contributed by atoms with E-state index in [0.29, 0.717) is 26.0 Å². The van der Waals surface area contributed by atoms with Gasteiger partial charge in [0, 0.05) is 20.3 Å². The van der Waals surface area contributed by atoms with Crippen LogP contribution in [0.1, 0.15) is 19.3 Å². The molecule has 2 unspecified atom stereocenters. The lowest BCUT2D eigenvalue weighted by Gasteiger charge is -2.11. The molecule has 0 aromatic heterocycles.